The molecule has 0 amide bonds. The highest BCUT2D eigenvalue weighted by Gasteiger charge is 2.24. The van der Waals surface area contributed by atoms with Crippen molar-refractivity contribution >= 4 is 0 Å². The van der Waals surface area contributed by atoms with Crippen LogP contribution in [0.25, 0.3) is 0 Å². The van der Waals surface area contributed by atoms with Crippen LogP contribution >= 0.6 is 0 Å². The minimum absolute atomic E-state index is 0.00810. The maximum absolute atomic E-state index is 5.86. The third-order valence-corrected chi connectivity index (χ3v) is 4.05. The SMILES string of the molecule is CCCNCc1c(C)nc(C2CN(CC)CCO2)nc1C. The highest BCUT2D eigenvalue weighted by Crippen LogP contribution is 2.21. The second-order valence-electron chi connectivity index (χ2n) is 5.66. The van der Waals surface area contributed by atoms with E-state index in [0.29, 0.717) is 0 Å². The first-order chi connectivity index (χ1) is 10.2. The first-order valence-corrected chi connectivity index (χ1v) is 8.04. The van der Waals surface area contributed by atoms with Crippen molar-refractivity contribution in [2.45, 2.75) is 46.8 Å². The summed E-state index contributed by atoms with van der Waals surface area (Å²) in [7, 11) is 0. The molecule has 21 heavy (non-hydrogen) atoms. The van der Waals surface area contributed by atoms with Gasteiger partial charge in [-0.05, 0) is 33.4 Å². The van der Waals surface area contributed by atoms with Crippen molar-refractivity contribution in [1.82, 2.24) is 20.2 Å². The number of likely N-dealkylation sites (N-methyl/N-ethyl adjacent to an activating group) is 1. The molecule has 0 spiro atoms. The van der Waals surface area contributed by atoms with E-state index in [1.807, 2.05) is 0 Å². The van der Waals surface area contributed by atoms with Gasteiger partial charge < -0.3 is 10.1 Å². The van der Waals surface area contributed by atoms with Gasteiger partial charge in [0, 0.05) is 36.6 Å². The molecule has 1 fully saturated rings. The fraction of sp³-hybridized carbons (Fsp3) is 0.750. The molecule has 1 aliphatic rings. The zero-order valence-corrected chi connectivity index (χ0v) is 13.8. The van der Waals surface area contributed by atoms with Gasteiger partial charge >= 0.3 is 0 Å². The van der Waals surface area contributed by atoms with Crippen molar-refractivity contribution in [2.24, 2.45) is 0 Å². The molecule has 1 atom stereocenters. The molecule has 1 aromatic rings. The molecule has 5 nitrogen and oxygen atoms in total. The molecule has 2 heterocycles. The number of hydrogen-bond donors (Lipinski definition) is 1. The summed E-state index contributed by atoms with van der Waals surface area (Å²) in [6.07, 6.45) is 1.15. The fourth-order valence-electron chi connectivity index (χ4n) is 2.70. The first-order valence-electron chi connectivity index (χ1n) is 8.04. The molecule has 0 aliphatic carbocycles. The molecule has 0 saturated carbocycles. The van der Waals surface area contributed by atoms with Crippen LogP contribution in [0.3, 0.4) is 0 Å². The summed E-state index contributed by atoms with van der Waals surface area (Å²) in [6.45, 7) is 14.1. The Morgan fingerprint density at radius 3 is 2.57 bits per heavy atom. The van der Waals surface area contributed by atoms with Crippen LogP contribution in [0.4, 0.5) is 0 Å². The fourth-order valence-corrected chi connectivity index (χ4v) is 2.70. The van der Waals surface area contributed by atoms with E-state index in [1.54, 1.807) is 0 Å². The van der Waals surface area contributed by atoms with Crippen LogP contribution in [0, 0.1) is 13.8 Å². The Hall–Kier alpha value is -1.04. The van der Waals surface area contributed by atoms with Gasteiger partial charge in [0.15, 0.2) is 5.82 Å². The lowest BCUT2D eigenvalue weighted by Gasteiger charge is -2.31. The zero-order chi connectivity index (χ0) is 15.2. The predicted octanol–water partition coefficient (Wildman–Crippen LogP) is 1.99. The van der Waals surface area contributed by atoms with Crippen LogP contribution in [0.2, 0.25) is 0 Å². The van der Waals surface area contributed by atoms with Crippen LogP contribution in [0.15, 0.2) is 0 Å². The van der Waals surface area contributed by atoms with Crippen molar-refractivity contribution in [1.29, 1.82) is 0 Å². The summed E-state index contributed by atoms with van der Waals surface area (Å²) in [6, 6.07) is 0. The second-order valence-corrected chi connectivity index (χ2v) is 5.66. The highest BCUT2D eigenvalue weighted by atomic mass is 16.5. The van der Waals surface area contributed by atoms with E-state index in [0.717, 1.165) is 63.0 Å². The number of rotatable bonds is 6. The van der Waals surface area contributed by atoms with Gasteiger partial charge in [-0.3, -0.25) is 4.90 Å². The normalized spacial score (nSPS) is 19.9. The van der Waals surface area contributed by atoms with Crippen LogP contribution in [0.5, 0.6) is 0 Å². The lowest BCUT2D eigenvalue weighted by Crippen LogP contribution is -2.38. The quantitative estimate of drug-likeness (QED) is 0.813. The van der Waals surface area contributed by atoms with Crippen molar-refractivity contribution in [3.8, 4) is 0 Å². The molecule has 5 heteroatoms. The summed E-state index contributed by atoms with van der Waals surface area (Å²) >= 11 is 0. The minimum atomic E-state index is 0.00810. The number of morpholine rings is 1. The Kier molecular flexibility index (Phi) is 6.08. The van der Waals surface area contributed by atoms with E-state index in [9.17, 15) is 0 Å². The van der Waals surface area contributed by atoms with Gasteiger partial charge in [-0.1, -0.05) is 13.8 Å². The van der Waals surface area contributed by atoms with Gasteiger partial charge in [-0.2, -0.15) is 0 Å². The number of nitrogens with zero attached hydrogens (tertiary/aromatic N) is 3. The minimum Gasteiger partial charge on any atom is -0.368 e. The van der Waals surface area contributed by atoms with Crippen LogP contribution in [0.1, 0.15) is 49.1 Å². The van der Waals surface area contributed by atoms with Crippen LogP contribution < -0.4 is 5.32 Å². The number of aromatic nitrogens is 2. The smallest absolute Gasteiger partial charge is 0.158 e. The summed E-state index contributed by atoms with van der Waals surface area (Å²) in [5.74, 6) is 0.836. The Morgan fingerprint density at radius 1 is 1.24 bits per heavy atom. The summed E-state index contributed by atoms with van der Waals surface area (Å²) in [5, 5.41) is 3.43. The lowest BCUT2D eigenvalue weighted by atomic mass is 10.1. The summed E-state index contributed by atoms with van der Waals surface area (Å²) in [5.41, 5.74) is 3.35. The summed E-state index contributed by atoms with van der Waals surface area (Å²) < 4.78 is 5.86. The van der Waals surface area contributed by atoms with Crippen LogP contribution in [-0.2, 0) is 11.3 Å². The average Bonchev–Trinajstić information content (AvgIpc) is 2.50. The zero-order valence-electron chi connectivity index (χ0n) is 13.8. The average molecular weight is 292 g/mol. The third kappa shape index (κ3) is 4.22. The van der Waals surface area contributed by atoms with Gasteiger partial charge in [0.05, 0.1) is 6.61 Å². The van der Waals surface area contributed by atoms with Crippen molar-refractivity contribution in [2.75, 3.05) is 32.8 Å². The molecule has 0 aromatic carbocycles. The molecule has 0 radical (unpaired) electrons. The van der Waals surface area contributed by atoms with E-state index >= 15 is 0 Å². The van der Waals surface area contributed by atoms with Gasteiger partial charge in [0.25, 0.3) is 0 Å². The van der Waals surface area contributed by atoms with Crippen molar-refractivity contribution in [3.63, 3.8) is 0 Å². The number of nitrogens with one attached hydrogen (secondary N) is 1. The topological polar surface area (TPSA) is 50.3 Å². The molecule has 1 unspecified atom stereocenters. The Balaban J connectivity index is 2.11. The van der Waals surface area contributed by atoms with E-state index in [-0.39, 0.29) is 6.10 Å². The molecular weight excluding hydrogens is 264 g/mol. The van der Waals surface area contributed by atoms with E-state index in [1.165, 1.54) is 5.56 Å². The molecule has 1 aliphatic heterocycles. The Morgan fingerprint density at radius 2 is 1.95 bits per heavy atom. The lowest BCUT2D eigenvalue weighted by molar-refractivity contribution is -0.0327. The van der Waals surface area contributed by atoms with Crippen molar-refractivity contribution < 1.29 is 4.74 Å². The molecule has 1 aromatic heterocycles. The third-order valence-electron chi connectivity index (χ3n) is 4.05. The van der Waals surface area contributed by atoms with E-state index in [4.69, 9.17) is 14.7 Å². The van der Waals surface area contributed by atoms with E-state index in [2.05, 4.69) is 37.9 Å². The Labute approximate surface area is 128 Å². The second kappa shape index (κ2) is 7.82. The largest absolute Gasteiger partial charge is 0.368 e. The van der Waals surface area contributed by atoms with Crippen molar-refractivity contribution in [3.05, 3.63) is 22.8 Å². The van der Waals surface area contributed by atoms with Gasteiger partial charge in [-0.25, -0.2) is 9.97 Å². The molecule has 1 saturated heterocycles. The Bertz CT molecular complexity index is 441. The molecule has 2 rings (SSSR count). The first kappa shape index (κ1) is 16.3. The molecule has 0 bridgehead atoms. The molecule has 1 N–H and O–H groups in total. The van der Waals surface area contributed by atoms with Gasteiger partial charge in [0.2, 0.25) is 0 Å². The number of hydrogen-bond acceptors (Lipinski definition) is 5. The van der Waals surface area contributed by atoms with Crippen LogP contribution in [-0.4, -0.2) is 47.7 Å². The standard InChI is InChI=1S/C16H28N4O/c1-5-7-17-10-14-12(3)18-16(19-13(14)4)15-11-20(6-2)8-9-21-15/h15,17H,5-11H2,1-4H3. The summed E-state index contributed by atoms with van der Waals surface area (Å²) in [4.78, 5) is 11.8. The highest BCUT2D eigenvalue weighted by molar-refractivity contribution is 5.24. The maximum atomic E-state index is 5.86. The molecule has 118 valence electrons. The monoisotopic (exact) mass is 292 g/mol. The number of ether oxygens (including phenoxy) is 1. The molecular formula is C16H28N4O. The maximum Gasteiger partial charge on any atom is 0.158 e. The number of aryl methyl sites for hydroxylation is 2. The van der Waals surface area contributed by atoms with E-state index < -0.39 is 0 Å². The van der Waals surface area contributed by atoms with Gasteiger partial charge in [0.1, 0.15) is 6.10 Å². The van der Waals surface area contributed by atoms with Gasteiger partial charge in [-0.15, -0.1) is 0 Å². The predicted molar refractivity (Wildman–Crippen MR) is 84.3 cm³/mol.